The van der Waals surface area contributed by atoms with Crippen molar-refractivity contribution in [2.75, 3.05) is 0 Å². The van der Waals surface area contributed by atoms with E-state index in [1.54, 1.807) is 0 Å². The van der Waals surface area contributed by atoms with Crippen LogP contribution in [0.5, 0.6) is 5.75 Å². The SMILES string of the molecule is O=C(O)c1ccc(C(=O)OC(=O)c2ccc(C(=O)O)cc2C(=O)O)c(C(=O)O)c1.O=C(O)c1ccccc1[O-]. The molecule has 14 nitrogen and oxygen atoms in total. The summed E-state index contributed by atoms with van der Waals surface area (Å²) >= 11 is 0. The molecule has 3 rings (SSSR count). The quantitative estimate of drug-likeness (QED) is 0.212. The van der Waals surface area contributed by atoms with Crippen LogP contribution in [0.4, 0.5) is 0 Å². The Bertz CT molecular complexity index is 1430. The molecule has 0 bridgehead atoms. The number of benzene rings is 3. The topological polar surface area (TPSA) is 253 Å². The summed E-state index contributed by atoms with van der Waals surface area (Å²) < 4.78 is 4.51. The van der Waals surface area contributed by atoms with Crippen molar-refractivity contribution in [1.82, 2.24) is 0 Å². The number of ether oxygens (including phenoxy) is 1. The summed E-state index contributed by atoms with van der Waals surface area (Å²) in [4.78, 5) is 79.1. The molecular weight excluding hydrogens is 524 g/mol. The van der Waals surface area contributed by atoms with E-state index >= 15 is 0 Å². The molecule has 3 aromatic carbocycles. The van der Waals surface area contributed by atoms with E-state index in [2.05, 4.69) is 4.74 Å². The Hall–Kier alpha value is -6.05. The van der Waals surface area contributed by atoms with E-state index in [1.165, 1.54) is 24.3 Å². The molecule has 0 spiro atoms. The molecule has 0 unspecified atom stereocenters. The summed E-state index contributed by atoms with van der Waals surface area (Å²) in [5.41, 5.74) is -3.82. The Labute approximate surface area is 216 Å². The highest BCUT2D eigenvalue weighted by molar-refractivity contribution is 6.11. The van der Waals surface area contributed by atoms with Crippen molar-refractivity contribution in [3.63, 3.8) is 0 Å². The summed E-state index contributed by atoms with van der Waals surface area (Å²) in [5, 5.41) is 55.1. The van der Waals surface area contributed by atoms with Crippen molar-refractivity contribution in [2.24, 2.45) is 0 Å². The Morgan fingerprint density at radius 2 is 0.872 bits per heavy atom. The zero-order valence-electron chi connectivity index (χ0n) is 19.2. The number of hydrogen-bond donors (Lipinski definition) is 5. The van der Waals surface area contributed by atoms with Crippen LogP contribution in [0.1, 0.15) is 72.5 Å². The van der Waals surface area contributed by atoms with Crippen molar-refractivity contribution >= 4 is 41.8 Å². The van der Waals surface area contributed by atoms with Crippen LogP contribution in [0.3, 0.4) is 0 Å². The van der Waals surface area contributed by atoms with Gasteiger partial charge in [-0.3, -0.25) is 0 Å². The number of carboxylic acids is 5. The van der Waals surface area contributed by atoms with Crippen molar-refractivity contribution in [2.45, 2.75) is 0 Å². The molecule has 0 amide bonds. The summed E-state index contributed by atoms with van der Waals surface area (Å²) in [5.74, 6) is -10.8. The van der Waals surface area contributed by atoms with Gasteiger partial charge in [0.05, 0.1) is 38.9 Å². The van der Waals surface area contributed by atoms with E-state index in [0.29, 0.717) is 12.1 Å². The molecule has 0 aliphatic heterocycles. The second-order valence-electron chi connectivity index (χ2n) is 7.22. The first-order chi connectivity index (χ1) is 18.2. The second kappa shape index (κ2) is 12.3. The van der Waals surface area contributed by atoms with E-state index in [0.717, 1.165) is 24.3 Å². The first-order valence-corrected chi connectivity index (χ1v) is 10.2. The van der Waals surface area contributed by atoms with E-state index < -0.39 is 80.9 Å². The van der Waals surface area contributed by atoms with Gasteiger partial charge in [-0.2, -0.15) is 0 Å². The van der Waals surface area contributed by atoms with Crippen molar-refractivity contribution in [3.05, 3.63) is 99.6 Å². The molecule has 3 aromatic rings. The molecule has 0 saturated carbocycles. The highest BCUT2D eigenvalue weighted by atomic mass is 16.6. The van der Waals surface area contributed by atoms with Gasteiger partial charge < -0.3 is 35.4 Å². The number of carboxylic acid groups (broad SMARTS) is 5. The number of para-hydroxylation sites is 1. The van der Waals surface area contributed by atoms with Crippen LogP contribution in [-0.2, 0) is 4.74 Å². The zero-order chi connectivity index (χ0) is 29.4. The summed E-state index contributed by atoms with van der Waals surface area (Å²) in [6.45, 7) is 0. The Balaban J connectivity index is 0.000000446. The molecule has 0 aliphatic rings. The van der Waals surface area contributed by atoms with Crippen molar-refractivity contribution < 1.29 is 68.9 Å². The van der Waals surface area contributed by atoms with Gasteiger partial charge in [0.25, 0.3) is 0 Å². The molecule has 0 heterocycles. The molecule has 0 aliphatic carbocycles. The molecule has 0 fully saturated rings. The van der Waals surface area contributed by atoms with Gasteiger partial charge in [0.1, 0.15) is 0 Å². The van der Waals surface area contributed by atoms with Crippen molar-refractivity contribution in [3.8, 4) is 5.75 Å². The number of carbonyl (C=O) groups is 7. The maximum Gasteiger partial charge on any atom is 0.346 e. The largest absolute Gasteiger partial charge is 0.872 e. The van der Waals surface area contributed by atoms with Crippen LogP contribution in [0.2, 0.25) is 0 Å². The van der Waals surface area contributed by atoms with E-state index in [9.17, 15) is 38.7 Å². The third kappa shape index (κ3) is 7.23. The molecule has 14 heteroatoms. The first kappa shape index (κ1) is 29.2. The normalized spacial score (nSPS) is 9.85. The first-order valence-electron chi connectivity index (χ1n) is 10.2. The van der Waals surface area contributed by atoms with Gasteiger partial charge in [-0.05, 0) is 42.5 Å². The molecule has 0 radical (unpaired) electrons. The summed E-state index contributed by atoms with van der Waals surface area (Å²) in [7, 11) is 0. The predicted molar refractivity (Wildman–Crippen MR) is 123 cm³/mol. The lowest BCUT2D eigenvalue weighted by Crippen LogP contribution is -2.19. The van der Waals surface area contributed by atoms with Gasteiger partial charge in [-0.15, -0.1) is 0 Å². The maximum absolute atomic E-state index is 12.2. The van der Waals surface area contributed by atoms with Crippen LogP contribution < -0.4 is 5.11 Å². The molecule has 0 saturated heterocycles. The standard InChI is InChI=1S/C18H10O11.C7H6O3/c19-13(20)7-1-3-9(11(5-7)15(23)24)17(27)29-18(28)10-4-2-8(14(21)22)6-12(10)16(25)26;8-6-4-2-1-3-5(6)7(9)10/h1-6H,(H,19,20)(H,21,22)(H,23,24)(H,25,26);1-4,8H,(H,9,10)/p-1. The molecule has 5 N–H and O–H groups in total. The molecule has 200 valence electrons. The smallest absolute Gasteiger partial charge is 0.346 e. The lowest BCUT2D eigenvalue weighted by molar-refractivity contribution is -0.268. The highest BCUT2D eigenvalue weighted by Gasteiger charge is 2.26. The van der Waals surface area contributed by atoms with Crippen LogP contribution in [0, 0.1) is 0 Å². The second-order valence-corrected chi connectivity index (χ2v) is 7.22. The number of hydrogen-bond acceptors (Lipinski definition) is 9. The Morgan fingerprint density at radius 3 is 1.18 bits per heavy atom. The van der Waals surface area contributed by atoms with Gasteiger partial charge in [0.2, 0.25) is 0 Å². The number of esters is 2. The van der Waals surface area contributed by atoms with Crippen LogP contribution >= 0.6 is 0 Å². The van der Waals surface area contributed by atoms with Gasteiger partial charge in [-0.25, -0.2) is 33.6 Å². The average Bonchev–Trinajstić information content (AvgIpc) is 2.88. The van der Waals surface area contributed by atoms with Gasteiger partial charge in [0, 0.05) is 0 Å². The predicted octanol–water partition coefficient (Wildman–Crippen LogP) is 1.94. The maximum atomic E-state index is 12.2. The number of carbonyl (C=O) groups excluding carboxylic acids is 2. The van der Waals surface area contributed by atoms with Crippen LogP contribution in [0.15, 0.2) is 60.7 Å². The highest BCUT2D eigenvalue weighted by Crippen LogP contribution is 2.18. The average molecular weight is 539 g/mol. The minimum absolute atomic E-state index is 0.178. The summed E-state index contributed by atoms with van der Waals surface area (Å²) in [6, 6.07) is 10.4. The fourth-order valence-electron chi connectivity index (χ4n) is 2.90. The Kier molecular flexibility index (Phi) is 9.18. The molecule has 0 aromatic heterocycles. The Morgan fingerprint density at radius 1 is 0.487 bits per heavy atom. The van der Waals surface area contributed by atoms with Gasteiger partial charge >= 0.3 is 41.8 Å². The van der Waals surface area contributed by atoms with Crippen molar-refractivity contribution in [1.29, 1.82) is 0 Å². The number of aromatic carboxylic acids is 5. The third-order valence-corrected chi connectivity index (χ3v) is 4.74. The monoisotopic (exact) mass is 539 g/mol. The molecular formula is C25H15O14-. The fourth-order valence-corrected chi connectivity index (χ4v) is 2.90. The third-order valence-electron chi connectivity index (χ3n) is 4.74. The van der Waals surface area contributed by atoms with Crippen LogP contribution in [0.25, 0.3) is 0 Å². The minimum Gasteiger partial charge on any atom is -0.872 e. The van der Waals surface area contributed by atoms with Gasteiger partial charge in [-0.1, -0.05) is 23.9 Å². The summed E-state index contributed by atoms with van der Waals surface area (Å²) in [6.07, 6.45) is 0. The molecule has 0 atom stereocenters. The van der Waals surface area contributed by atoms with Crippen LogP contribution in [-0.4, -0.2) is 67.3 Å². The molecule has 39 heavy (non-hydrogen) atoms. The van der Waals surface area contributed by atoms with E-state index in [4.69, 9.17) is 25.5 Å². The lowest BCUT2D eigenvalue weighted by Gasteiger charge is -2.09. The number of rotatable bonds is 7. The zero-order valence-corrected chi connectivity index (χ0v) is 19.2. The lowest BCUT2D eigenvalue weighted by atomic mass is 10.0. The van der Waals surface area contributed by atoms with E-state index in [-0.39, 0.29) is 5.56 Å². The fraction of sp³-hybridized carbons (Fsp3) is 0. The van der Waals surface area contributed by atoms with Gasteiger partial charge in [0.15, 0.2) is 0 Å². The van der Waals surface area contributed by atoms with E-state index in [1.807, 2.05) is 0 Å². The minimum atomic E-state index is -1.66.